The molecule has 0 bridgehead atoms. The maximum absolute atomic E-state index is 11.2. The minimum atomic E-state index is -0.962. The van der Waals surface area contributed by atoms with Gasteiger partial charge in [-0.05, 0) is 20.8 Å². The van der Waals surface area contributed by atoms with Crippen LogP contribution >= 0.6 is 0 Å². The first kappa shape index (κ1) is 12.3. The van der Waals surface area contributed by atoms with Gasteiger partial charge in [0.2, 0.25) is 0 Å². The number of aliphatic hydroxyl groups is 1. The first-order valence-electron chi connectivity index (χ1n) is 5.22. The molecule has 1 heterocycles. The molecule has 1 rings (SSSR count). The van der Waals surface area contributed by atoms with Gasteiger partial charge in [0, 0.05) is 13.0 Å². The Bertz CT molecular complexity index is 231. The van der Waals surface area contributed by atoms with Crippen LogP contribution in [0, 0.1) is 0 Å². The number of hydrogen-bond donors (Lipinski definition) is 2. The van der Waals surface area contributed by atoms with Gasteiger partial charge in [-0.25, -0.2) is 4.79 Å². The third-order valence-corrected chi connectivity index (χ3v) is 2.54. The summed E-state index contributed by atoms with van der Waals surface area (Å²) in [5.74, 6) is 0. The summed E-state index contributed by atoms with van der Waals surface area (Å²) < 4.78 is 10.1. The Labute approximate surface area is 89.8 Å². The predicted octanol–water partition coefficient (Wildman–Crippen LogP) is 0.661. The van der Waals surface area contributed by atoms with E-state index in [-0.39, 0.29) is 18.8 Å². The van der Waals surface area contributed by atoms with Crippen LogP contribution in [0.15, 0.2) is 0 Å². The molecule has 2 N–H and O–H groups in total. The van der Waals surface area contributed by atoms with Gasteiger partial charge in [-0.15, -0.1) is 0 Å². The fraction of sp³-hybridized carbons (Fsp3) is 0.900. The zero-order valence-corrected chi connectivity index (χ0v) is 9.45. The minimum Gasteiger partial charge on any atom is -0.447 e. The standard InChI is InChI=1S/C10H19NO4/c1-7(2)15-9(12)11-6-10(13)4-5-14-8(10)3/h7-8,13H,4-6H2,1-3H3,(H,11,12). The van der Waals surface area contributed by atoms with Crippen molar-refractivity contribution in [1.82, 2.24) is 5.32 Å². The topological polar surface area (TPSA) is 67.8 Å². The van der Waals surface area contributed by atoms with Crippen LogP contribution in [0.1, 0.15) is 27.2 Å². The van der Waals surface area contributed by atoms with Crippen LogP contribution in [0.4, 0.5) is 4.79 Å². The van der Waals surface area contributed by atoms with Crippen molar-refractivity contribution in [1.29, 1.82) is 0 Å². The molecule has 0 radical (unpaired) electrons. The average molecular weight is 217 g/mol. The second-order valence-electron chi connectivity index (χ2n) is 4.17. The Morgan fingerprint density at radius 3 is 2.87 bits per heavy atom. The number of alkyl carbamates (subject to hydrolysis) is 1. The maximum atomic E-state index is 11.2. The number of ether oxygens (including phenoxy) is 2. The molecule has 1 aliphatic rings. The summed E-state index contributed by atoms with van der Waals surface area (Å²) in [6, 6.07) is 0. The fourth-order valence-electron chi connectivity index (χ4n) is 1.48. The van der Waals surface area contributed by atoms with Gasteiger partial charge in [0.1, 0.15) is 5.60 Å². The lowest BCUT2D eigenvalue weighted by atomic mass is 9.97. The van der Waals surface area contributed by atoms with Gasteiger partial charge >= 0.3 is 6.09 Å². The van der Waals surface area contributed by atoms with Crippen LogP contribution in [0.2, 0.25) is 0 Å². The summed E-state index contributed by atoms with van der Waals surface area (Å²) in [6.07, 6.45) is -0.373. The first-order valence-corrected chi connectivity index (χ1v) is 5.22. The number of carbonyl (C=O) groups excluding carboxylic acids is 1. The highest BCUT2D eigenvalue weighted by atomic mass is 16.6. The molecule has 0 saturated carbocycles. The molecule has 0 aliphatic carbocycles. The van der Waals surface area contributed by atoms with E-state index < -0.39 is 11.7 Å². The fourth-order valence-corrected chi connectivity index (χ4v) is 1.48. The summed E-state index contributed by atoms with van der Waals surface area (Å²) in [5, 5.41) is 12.6. The van der Waals surface area contributed by atoms with Gasteiger partial charge in [0.15, 0.2) is 0 Å². The molecule has 1 aliphatic heterocycles. The van der Waals surface area contributed by atoms with E-state index in [0.717, 1.165) is 0 Å². The average Bonchev–Trinajstić information content (AvgIpc) is 2.44. The highest BCUT2D eigenvalue weighted by Crippen LogP contribution is 2.24. The van der Waals surface area contributed by atoms with Crippen molar-refractivity contribution in [2.45, 2.75) is 45.0 Å². The van der Waals surface area contributed by atoms with Crippen LogP contribution in [0.5, 0.6) is 0 Å². The van der Waals surface area contributed by atoms with Gasteiger partial charge in [-0.3, -0.25) is 0 Å². The van der Waals surface area contributed by atoms with E-state index in [1.807, 2.05) is 0 Å². The number of rotatable bonds is 3. The Morgan fingerprint density at radius 2 is 2.40 bits per heavy atom. The SMILES string of the molecule is CC(C)OC(=O)NCC1(O)CCOC1C. The largest absolute Gasteiger partial charge is 0.447 e. The molecule has 2 atom stereocenters. The molecule has 5 heteroatoms. The second-order valence-corrected chi connectivity index (χ2v) is 4.17. The van der Waals surface area contributed by atoms with E-state index >= 15 is 0 Å². The van der Waals surface area contributed by atoms with Crippen LogP contribution in [0.25, 0.3) is 0 Å². The monoisotopic (exact) mass is 217 g/mol. The van der Waals surface area contributed by atoms with E-state index in [1.165, 1.54) is 0 Å². The highest BCUT2D eigenvalue weighted by molar-refractivity contribution is 5.67. The molecule has 0 aromatic rings. The quantitative estimate of drug-likeness (QED) is 0.728. The van der Waals surface area contributed by atoms with Gasteiger partial charge in [0.05, 0.1) is 18.8 Å². The maximum Gasteiger partial charge on any atom is 0.407 e. The Balaban J connectivity index is 2.33. The number of nitrogens with one attached hydrogen (secondary N) is 1. The van der Waals surface area contributed by atoms with Gasteiger partial charge < -0.3 is 19.9 Å². The zero-order chi connectivity index (χ0) is 11.5. The molecule has 5 nitrogen and oxygen atoms in total. The van der Waals surface area contributed by atoms with E-state index in [1.54, 1.807) is 20.8 Å². The molecule has 1 saturated heterocycles. The molecule has 1 amide bonds. The van der Waals surface area contributed by atoms with Gasteiger partial charge in [-0.1, -0.05) is 0 Å². The third kappa shape index (κ3) is 3.35. The van der Waals surface area contributed by atoms with Crippen molar-refractivity contribution in [3.8, 4) is 0 Å². The van der Waals surface area contributed by atoms with E-state index in [4.69, 9.17) is 9.47 Å². The lowest BCUT2D eigenvalue weighted by molar-refractivity contribution is -0.0264. The Hall–Kier alpha value is -0.810. The van der Waals surface area contributed by atoms with Crippen LogP contribution in [0.3, 0.4) is 0 Å². The summed E-state index contributed by atoms with van der Waals surface area (Å²) in [5.41, 5.74) is -0.962. The summed E-state index contributed by atoms with van der Waals surface area (Å²) in [4.78, 5) is 11.2. The summed E-state index contributed by atoms with van der Waals surface area (Å²) >= 11 is 0. The summed E-state index contributed by atoms with van der Waals surface area (Å²) in [7, 11) is 0. The van der Waals surface area contributed by atoms with Crippen molar-refractivity contribution in [3.63, 3.8) is 0 Å². The molecule has 0 aromatic carbocycles. The zero-order valence-electron chi connectivity index (χ0n) is 9.45. The number of carbonyl (C=O) groups is 1. The molecule has 1 fully saturated rings. The number of amides is 1. The summed E-state index contributed by atoms with van der Waals surface area (Å²) in [6.45, 7) is 6.03. The molecule has 88 valence electrons. The van der Waals surface area contributed by atoms with Gasteiger partial charge in [0.25, 0.3) is 0 Å². The number of hydrogen-bond acceptors (Lipinski definition) is 4. The normalized spacial score (nSPS) is 30.6. The smallest absolute Gasteiger partial charge is 0.407 e. The second kappa shape index (κ2) is 4.81. The molecular weight excluding hydrogens is 198 g/mol. The molecule has 2 unspecified atom stereocenters. The molecule has 0 spiro atoms. The van der Waals surface area contributed by atoms with Crippen molar-refractivity contribution >= 4 is 6.09 Å². The van der Waals surface area contributed by atoms with Gasteiger partial charge in [-0.2, -0.15) is 0 Å². The van der Waals surface area contributed by atoms with Crippen molar-refractivity contribution in [2.75, 3.05) is 13.2 Å². The lowest BCUT2D eigenvalue weighted by Crippen LogP contribution is -2.47. The minimum absolute atomic E-state index is 0.156. The molecule has 15 heavy (non-hydrogen) atoms. The van der Waals surface area contributed by atoms with Crippen molar-refractivity contribution in [2.24, 2.45) is 0 Å². The van der Waals surface area contributed by atoms with E-state index in [2.05, 4.69) is 5.32 Å². The lowest BCUT2D eigenvalue weighted by Gasteiger charge is -2.26. The van der Waals surface area contributed by atoms with Crippen LogP contribution in [-0.4, -0.2) is 42.2 Å². The first-order chi connectivity index (χ1) is 6.94. The third-order valence-electron chi connectivity index (χ3n) is 2.54. The Morgan fingerprint density at radius 1 is 1.73 bits per heavy atom. The predicted molar refractivity (Wildman–Crippen MR) is 54.6 cm³/mol. The van der Waals surface area contributed by atoms with Crippen molar-refractivity contribution in [3.05, 3.63) is 0 Å². The highest BCUT2D eigenvalue weighted by Gasteiger charge is 2.39. The van der Waals surface area contributed by atoms with E-state index in [9.17, 15) is 9.90 Å². The van der Waals surface area contributed by atoms with Crippen molar-refractivity contribution < 1.29 is 19.4 Å². The Kier molecular flexibility index (Phi) is 3.93. The van der Waals surface area contributed by atoms with Crippen LogP contribution < -0.4 is 5.32 Å². The van der Waals surface area contributed by atoms with Crippen LogP contribution in [-0.2, 0) is 9.47 Å². The molecule has 0 aromatic heterocycles. The molecular formula is C10H19NO4. The van der Waals surface area contributed by atoms with E-state index in [0.29, 0.717) is 13.0 Å².